The minimum absolute atomic E-state index is 0.0579. The van der Waals surface area contributed by atoms with Gasteiger partial charge in [0.2, 0.25) is 11.8 Å². The van der Waals surface area contributed by atoms with Gasteiger partial charge >= 0.3 is 7.41 Å². The van der Waals surface area contributed by atoms with E-state index in [0.29, 0.717) is 0 Å². The normalized spacial score (nSPS) is 17.3. The Balaban J connectivity index is 2.62. The fourth-order valence-corrected chi connectivity index (χ4v) is 1.02. The largest absolute Gasteiger partial charge is 0.325 e. The Morgan fingerprint density at radius 2 is 1.82 bits per heavy atom. The summed E-state index contributed by atoms with van der Waals surface area (Å²) in [5.41, 5.74) is -0.159. The fourth-order valence-electron chi connectivity index (χ4n) is 1.02. The molecule has 0 bridgehead atoms. The summed E-state index contributed by atoms with van der Waals surface area (Å²) in [7, 11) is 1.30. The lowest BCUT2D eigenvalue weighted by molar-refractivity contribution is -0.132. The molecule has 0 spiro atoms. The van der Waals surface area contributed by atoms with Crippen molar-refractivity contribution >= 4 is 32.7 Å². The van der Waals surface area contributed by atoms with Crippen molar-refractivity contribution in [3.05, 3.63) is 0 Å². The smallest absolute Gasteiger partial charge is 0.312 e. The first-order chi connectivity index (χ1) is 5.11. The number of carbonyl (C=O) groups excluding carboxylic acids is 3. The van der Waals surface area contributed by atoms with Crippen LogP contribution in [0.1, 0.15) is 12.8 Å². The van der Waals surface area contributed by atoms with E-state index in [1.165, 1.54) is 7.85 Å². The van der Waals surface area contributed by atoms with E-state index in [9.17, 15) is 14.4 Å². The van der Waals surface area contributed by atoms with E-state index in [0.717, 1.165) is 4.81 Å². The van der Waals surface area contributed by atoms with Crippen LogP contribution in [0.15, 0.2) is 0 Å². The first-order valence-electron chi connectivity index (χ1n) is 3.44. The number of rotatable bonds is 2. The van der Waals surface area contributed by atoms with Crippen LogP contribution in [-0.2, 0) is 9.59 Å². The first-order valence-corrected chi connectivity index (χ1v) is 3.44. The maximum atomic E-state index is 10.9. The molecule has 1 aliphatic rings. The van der Waals surface area contributed by atoms with E-state index in [2.05, 4.69) is 0 Å². The molecule has 0 aliphatic carbocycles. The van der Waals surface area contributed by atoms with E-state index < -0.39 is 0 Å². The maximum Gasteiger partial charge on any atom is 0.312 e. The predicted octanol–water partition coefficient (Wildman–Crippen LogP) is -1.76. The molecular weight excluding hydrogens is 144 g/mol. The molecule has 56 valence electrons. The van der Waals surface area contributed by atoms with Gasteiger partial charge in [-0.3, -0.25) is 9.59 Å². The third kappa shape index (κ3) is 1.69. The predicted molar refractivity (Wildman–Crippen MR) is 42.2 cm³/mol. The zero-order valence-corrected chi connectivity index (χ0v) is 6.29. The van der Waals surface area contributed by atoms with Gasteiger partial charge in [0.25, 0.3) is 0 Å². The molecule has 0 aromatic carbocycles. The molecule has 1 rings (SSSR count). The highest BCUT2D eigenvalue weighted by atomic mass is 16.2. The highest BCUT2D eigenvalue weighted by molar-refractivity contribution is 6.96. The monoisotopic (exact) mass is 151 g/mol. The second-order valence-corrected chi connectivity index (χ2v) is 2.58. The number of carbonyl (C=O) groups is 3. The first kappa shape index (κ1) is 8.04. The van der Waals surface area contributed by atoms with Crippen molar-refractivity contribution in [1.82, 2.24) is 4.81 Å². The molecule has 2 amide bonds. The number of hydrogen-bond acceptors (Lipinski definition) is 3. The number of nitrogens with zero attached hydrogens (tertiary/aromatic N) is 1. The van der Waals surface area contributed by atoms with Gasteiger partial charge in [-0.2, -0.15) is 0 Å². The topological polar surface area (TPSA) is 54.5 Å². The summed E-state index contributed by atoms with van der Waals surface area (Å²) in [6.45, 7) is 0. The zero-order chi connectivity index (χ0) is 8.43. The molecule has 0 unspecified atom stereocenters. The number of hydrogen-bond donors (Lipinski definition) is 0. The van der Waals surface area contributed by atoms with Gasteiger partial charge in [-0.15, -0.1) is 0 Å². The minimum Gasteiger partial charge on any atom is -0.325 e. The summed E-state index contributed by atoms with van der Waals surface area (Å²) >= 11 is 0. The molecule has 0 radical (unpaired) electrons. The van der Waals surface area contributed by atoms with Crippen molar-refractivity contribution in [2.45, 2.75) is 12.8 Å². The highest BCUT2D eigenvalue weighted by Crippen LogP contribution is 2.09. The lowest BCUT2D eigenvalue weighted by Gasteiger charge is -2.08. The Morgan fingerprint density at radius 1 is 1.36 bits per heavy atom. The van der Waals surface area contributed by atoms with Crippen LogP contribution in [0.25, 0.3) is 0 Å². The Hall–Kier alpha value is -1.06. The molecule has 11 heavy (non-hydrogen) atoms. The van der Waals surface area contributed by atoms with Crippen molar-refractivity contribution < 1.29 is 14.4 Å². The summed E-state index contributed by atoms with van der Waals surface area (Å²) in [6, 6.07) is 0. The van der Waals surface area contributed by atoms with Gasteiger partial charge < -0.3 is 9.61 Å². The molecule has 0 atom stereocenters. The Labute approximate surface area is 65.6 Å². The van der Waals surface area contributed by atoms with E-state index in [-0.39, 0.29) is 37.7 Å². The van der Waals surface area contributed by atoms with Crippen LogP contribution >= 0.6 is 0 Å². The molecular formula is C5H7B2NO3. The van der Waals surface area contributed by atoms with Crippen LogP contribution in [0.3, 0.4) is 0 Å². The van der Waals surface area contributed by atoms with Gasteiger partial charge in [0.1, 0.15) is 0 Å². The standard InChI is InChI=1S/C5H7B2NO3/c6-5(11)7-8-3(9)1-2-4(8)10/h7H,1-2,6H2. The van der Waals surface area contributed by atoms with E-state index in [1.54, 1.807) is 0 Å². The van der Waals surface area contributed by atoms with E-state index in [4.69, 9.17) is 0 Å². The molecule has 6 heteroatoms. The van der Waals surface area contributed by atoms with Crippen LogP contribution < -0.4 is 0 Å². The van der Waals surface area contributed by atoms with Gasteiger partial charge in [0, 0.05) is 12.8 Å². The second kappa shape index (κ2) is 2.90. The Bertz CT molecular complexity index is 212. The average molecular weight is 151 g/mol. The summed E-state index contributed by atoms with van der Waals surface area (Å²) in [5.74, 6) is -0.463. The molecule has 1 aliphatic heterocycles. The maximum absolute atomic E-state index is 10.9. The Morgan fingerprint density at radius 3 is 2.18 bits per heavy atom. The zero-order valence-electron chi connectivity index (χ0n) is 6.29. The lowest BCUT2D eigenvalue weighted by Crippen LogP contribution is -2.37. The van der Waals surface area contributed by atoms with Crippen molar-refractivity contribution in [1.29, 1.82) is 0 Å². The molecule has 1 fully saturated rings. The van der Waals surface area contributed by atoms with E-state index in [1.807, 2.05) is 0 Å². The van der Waals surface area contributed by atoms with Crippen LogP contribution in [0.5, 0.6) is 0 Å². The van der Waals surface area contributed by atoms with Crippen molar-refractivity contribution in [3.63, 3.8) is 0 Å². The summed E-state index contributed by atoms with van der Waals surface area (Å²) in [6.07, 6.45) is 0.512. The van der Waals surface area contributed by atoms with Crippen LogP contribution in [0.4, 0.5) is 4.79 Å². The van der Waals surface area contributed by atoms with Crippen LogP contribution in [0.2, 0.25) is 0 Å². The van der Waals surface area contributed by atoms with Gasteiger partial charge in [-0.25, -0.2) is 0 Å². The third-order valence-corrected chi connectivity index (χ3v) is 1.54. The van der Waals surface area contributed by atoms with Crippen molar-refractivity contribution in [2.75, 3.05) is 0 Å². The molecule has 0 aromatic heterocycles. The quantitative estimate of drug-likeness (QED) is 0.346. The third-order valence-electron chi connectivity index (χ3n) is 1.54. The second-order valence-electron chi connectivity index (χ2n) is 2.58. The molecule has 0 saturated carbocycles. The lowest BCUT2D eigenvalue weighted by atomic mass is 9.73. The van der Waals surface area contributed by atoms with Crippen molar-refractivity contribution in [3.8, 4) is 0 Å². The SMILES string of the molecule is BC(=O)BN1C(=O)CCC1=O. The van der Waals surface area contributed by atoms with Crippen LogP contribution in [-0.4, -0.2) is 37.5 Å². The Kier molecular flexibility index (Phi) is 2.12. The van der Waals surface area contributed by atoms with Gasteiger partial charge in [0.15, 0.2) is 7.85 Å². The minimum atomic E-state index is -0.231. The van der Waals surface area contributed by atoms with Gasteiger partial charge in [-0.1, -0.05) is 0 Å². The van der Waals surface area contributed by atoms with Gasteiger partial charge in [0.05, 0.1) is 5.58 Å². The van der Waals surface area contributed by atoms with Crippen LogP contribution in [0, 0.1) is 0 Å². The summed E-state index contributed by atoms with van der Waals surface area (Å²) < 4.78 is 0. The molecule has 4 nitrogen and oxygen atoms in total. The fraction of sp³-hybridized carbons (Fsp3) is 0.400. The molecule has 1 heterocycles. The molecule has 1 saturated heterocycles. The van der Waals surface area contributed by atoms with Gasteiger partial charge in [-0.05, 0) is 0 Å². The summed E-state index contributed by atoms with van der Waals surface area (Å²) in [4.78, 5) is 33.3. The number of imide groups is 1. The summed E-state index contributed by atoms with van der Waals surface area (Å²) in [5, 5.41) is 0. The average Bonchev–Trinajstić information content (AvgIpc) is 2.18. The highest BCUT2D eigenvalue weighted by Gasteiger charge is 2.29. The van der Waals surface area contributed by atoms with E-state index >= 15 is 0 Å². The molecule has 0 aromatic rings. The number of amides is 2. The van der Waals surface area contributed by atoms with Crippen molar-refractivity contribution in [2.24, 2.45) is 0 Å². The molecule has 0 N–H and O–H groups in total.